The Bertz CT molecular complexity index is 5230. The first-order chi connectivity index (χ1) is 51.1. The molecule has 1 aliphatic rings. The predicted molar refractivity (Wildman–Crippen MR) is 450 cm³/mol. The Hall–Kier alpha value is -9.28. The number of phenols is 2. The molecular formula is C92H82F6MnN2O2PS2Si2-. The van der Waals surface area contributed by atoms with Crippen molar-refractivity contribution in [1.82, 2.24) is 0 Å². The van der Waals surface area contributed by atoms with E-state index in [9.17, 15) is 35.4 Å². The number of aliphatic imine (C=N–C) groups is 2. The molecule has 108 heavy (non-hydrogen) atoms. The van der Waals surface area contributed by atoms with Gasteiger partial charge in [0.25, 0.3) is 0 Å². The third-order valence-corrected chi connectivity index (χ3v) is 40.9. The molecule has 1 radical (unpaired) electrons. The van der Waals surface area contributed by atoms with Gasteiger partial charge in [-0.05, 0) is 145 Å². The van der Waals surface area contributed by atoms with E-state index in [1.54, 1.807) is 0 Å². The van der Waals surface area contributed by atoms with E-state index in [-0.39, 0.29) is 50.7 Å². The normalized spacial score (nSPS) is 15.2. The number of phenolic OH excluding ortho intramolecular Hbond substituents is 2. The van der Waals surface area contributed by atoms with Gasteiger partial charge in [0.2, 0.25) is 0 Å². The summed E-state index contributed by atoms with van der Waals surface area (Å²) in [6.45, 7) is 14.5. The molecule has 4 nitrogen and oxygen atoms in total. The Morgan fingerprint density at radius 3 is 0.917 bits per heavy atom. The van der Waals surface area contributed by atoms with Crippen LogP contribution in [-0.4, -0.2) is 49.2 Å². The van der Waals surface area contributed by atoms with Crippen molar-refractivity contribution in [2.75, 3.05) is 0 Å². The van der Waals surface area contributed by atoms with Crippen LogP contribution in [0.4, 0.5) is 25.2 Å². The van der Waals surface area contributed by atoms with E-state index in [2.05, 4.69) is 345 Å². The van der Waals surface area contributed by atoms with Gasteiger partial charge >= 0.3 is 33.0 Å². The maximum absolute atomic E-state index is 13.1. The second kappa shape index (κ2) is 30.3. The Labute approximate surface area is 648 Å². The van der Waals surface area contributed by atoms with Crippen molar-refractivity contribution in [3.63, 3.8) is 0 Å². The number of rotatable bonds is 16. The molecule has 2 N–H and O–H groups in total. The maximum Gasteiger partial charge on any atom is 0 e. The first-order valence-corrected chi connectivity index (χ1v) is 45.2. The second-order valence-corrected chi connectivity index (χ2v) is 46.0. The fourth-order valence-electron chi connectivity index (χ4n) is 15.8. The molecule has 2 atom stereocenters. The van der Waals surface area contributed by atoms with E-state index >= 15 is 0 Å². The average molecular weight is 1570 g/mol. The molecule has 1 fully saturated rings. The SMILES string of the molecule is CC(C)(C)[Si](Sc1ccc(-c2ccc3ccccc3c2-c2c(O)c(C=N[C@H]3CCCC[C@@H]3N=Cc3cc4ccccc4c(-c4c(-c5ccc(S[Si](c6ccccc6)(c6ccccc6)C(C)(C)C)cc5)ccc5ccccc45)c3O)cc3ccccc23)cc1)(c1ccccc1)c1ccccc1.F[P-](F)(F)(F)(F)F.[Mn]. The van der Waals surface area contributed by atoms with E-state index in [1.807, 2.05) is 34.9 Å². The van der Waals surface area contributed by atoms with Gasteiger partial charge in [-0.3, -0.25) is 9.98 Å². The van der Waals surface area contributed by atoms with Crippen molar-refractivity contribution in [2.24, 2.45) is 9.98 Å². The summed E-state index contributed by atoms with van der Waals surface area (Å²) >= 11 is 4.09. The number of aromatic hydroxyl groups is 2. The van der Waals surface area contributed by atoms with Gasteiger partial charge in [-0.25, -0.2) is 0 Å². The minimum absolute atomic E-state index is 0. The van der Waals surface area contributed by atoms with Crippen LogP contribution in [0.15, 0.2) is 323 Å². The van der Waals surface area contributed by atoms with Gasteiger partial charge in [0.15, 0.2) is 14.4 Å². The number of fused-ring (bicyclic) bond motifs is 4. The second-order valence-electron chi connectivity index (χ2n) is 29.8. The zero-order chi connectivity index (χ0) is 75.0. The zero-order valence-corrected chi connectivity index (χ0v) is 66.4. The maximum atomic E-state index is 13.1. The van der Waals surface area contributed by atoms with Gasteiger partial charge in [0, 0.05) is 72.7 Å². The number of hydrogen-bond donors (Lipinski definition) is 2. The zero-order valence-electron chi connectivity index (χ0n) is 60.7. The Balaban J connectivity index is 0.00000123. The Morgan fingerprint density at radius 2 is 0.620 bits per heavy atom. The summed E-state index contributed by atoms with van der Waals surface area (Å²) in [7, 11) is -15.6. The molecule has 14 aromatic rings. The van der Waals surface area contributed by atoms with Crippen molar-refractivity contribution in [1.29, 1.82) is 0 Å². The molecular weight excluding hydrogens is 1490 g/mol. The Morgan fingerprint density at radius 1 is 0.352 bits per heavy atom. The van der Waals surface area contributed by atoms with Crippen LogP contribution >= 0.6 is 30.2 Å². The molecule has 0 amide bonds. The van der Waals surface area contributed by atoms with Crippen LogP contribution in [0.2, 0.25) is 10.1 Å². The molecule has 0 heterocycles. The molecule has 16 heteroatoms. The van der Waals surface area contributed by atoms with Crippen molar-refractivity contribution < 1.29 is 52.5 Å². The molecule has 14 aromatic carbocycles. The summed E-state index contributed by atoms with van der Waals surface area (Å²) in [5.74, 6) is 0.391. The van der Waals surface area contributed by atoms with Crippen LogP contribution in [0, 0.1) is 0 Å². The molecule has 547 valence electrons. The molecule has 0 spiro atoms. The molecule has 0 aromatic heterocycles. The standard InChI is InChI=1S/C92H82N2O2S2Si2.F6P.Mn/c1-91(2,3)99(73-33-11-7-12-34-73,74-35-13-8-14-36-74)97-71-53-47-65(48-54-71)81-57-51-63-29-19-23-41-77(63)85(81)87-79-43-25-21-31-67(79)59-69(89(87)95)61-93-83-45-27-28-46-84(83)94-62-70-60-68-32-22-26-44-80(68)88(90(70)96)86-78-42-24-20-30-64(78)52-58-82(86)66-49-55-72(56-50-66)98-100(92(4,5)6,75-37-15-9-16-38-75)76-39-17-10-18-40-76;1-7(2,3,4,5)6;/h7-26,29-44,47-62,83-84,95-96H,27-28,45-46H2,1-6H3;;/q;-1;/t83-,84-;;/m0../s1. The smallest absolute Gasteiger partial charge is 0 e. The van der Waals surface area contributed by atoms with Gasteiger partial charge in [0.05, 0.1) is 12.1 Å². The molecule has 1 saturated carbocycles. The number of benzene rings is 14. The Kier molecular flexibility index (Phi) is 21.6. The summed E-state index contributed by atoms with van der Waals surface area (Å²) in [6.07, 6.45) is 7.54. The van der Waals surface area contributed by atoms with Crippen molar-refractivity contribution in [3.05, 3.63) is 314 Å². The van der Waals surface area contributed by atoms with E-state index in [4.69, 9.17) is 9.98 Å². The van der Waals surface area contributed by atoms with Gasteiger partial charge in [0.1, 0.15) is 11.5 Å². The van der Waals surface area contributed by atoms with E-state index in [0.29, 0.717) is 11.1 Å². The van der Waals surface area contributed by atoms with E-state index < -0.39 is 22.3 Å². The minimum Gasteiger partial charge on any atom is 0 e. The quantitative estimate of drug-likeness (QED) is 0.0438. The first kappa shape index (κ1) is 76.9. The molecule has 0 bridgehead atoms. The van der Waals surface area contributed by atoms with Crippen LogP contribution in [-0.2, 0) is 17.1 Å². The average Bonchev–Trinajstić information content (AvgIpc) is 0.761. The fourth-order valence-corrected chi connectivity index (χ4v) is 32.8. The molecule has 0 aliphatic heterocycles. The largest absolute Gasteiger partial charge is 0 e. The molecule has 15 rings (SSSR count). The third-order valence-electron chi connectivity index (χ3n) is 20.7. The topological polar surface area (TPSA) is 65.2 Å². The molecule has 0 unspecified atom stereocenters. The van der Waals surface area contributed by atoms with Crippen LogP contribution < -0.4 is 20.7 Å². The summed E-state index contributed by atoms with van der Waals surface area (Å²) < 4.78 is 59.2. The fraction of sp³-hybridized carbons (Fsp3) is 0.152. The van der Waals surface area contributed by atoms with Gasteiger partial charge in [-0.2, -0.15) is 0 Å². The summed E-state index contributed by atoms with van der Waals surface area (Å²) in [5.41, 5.74) is 9.11. The van der Waals surface area contributed by atoms with Gasteiger partial charge in [-0.15, -0.1) is 22.4 Å². The van der Waals surface area contributed by atoms with Crippen LogP contribution in [0.5, 0.6) is 11.5 Å². The van der Waals surface area contributed by atoms with Crippen LogP contribution in [0.25, 0.3) is 87.6 Å². The van der Waals surface area contributed by atoms with Crippen LogP contribution in [0.3, 0.4) is 0 Å². The van der Waals surface area contributed by atoms with Crippen molar-refractivity contribution in [3.8, 4) is 56.0 Å². The molecule has 0 saturated heterocycles. The van der Waals surface area contributed by atoms with Crippen molar-refractivity contribution in [2.45, 2.75) is 99.2 Å². The number of nitrogens with zero attached hydrogens (tertiary/aromatic N) is 2. The summed E-state index contributed by atoms with van der Waals surface area (Å²) in [4.78, 5) is 13.3. The summed E-state index contributed by atoms with van der Waals surface area (Å²) in [6, 6.07) is 110. The van der Waals surface area contributed by atoms with Crippen molar-refractivity contribution >= 4 is 121 Å². The predicted octanol–water partition coefficient (Wildman–Crippen LogP) is 25.9. The first-order valence-electron chi connectivity index (χ1n) is 36.1. The number of hydrogen-bond acceptors (Lipinski definition) is 6. The van der Waals surface area contributed by atoms with Gasteiger partial charge in [-0.1, -0.05) is 321 Å². The minimum atomic E-state index is -10.7. The molecule has 1 aliphatic carbocycles. The number of halogens is 6. The third kappa shape index (κ3) is 16.2. The van der Waals surface area contributed by atoms with Gasteiger partial charge < -0.3 is 10.2 Å². The summed E-state index contributed by atoms with van der Waals surface area (Å²) in [5, 5.41) is 40.0. The van der Waals surface area contributed by atoms with Crippen LogP contribution in [0.1, 0.15) is 78.4 Å². The monoisotopic (exact) mass is 1570 g/mol. The van der Waals surface area contributed by atoms with E-state index in [0.717, 1.165) is 113 Å². The van der Waals surface area contributed by atoms with E-state index in [1.165, 1.54) is 30.5 Å².